The minimum absolute atomic E-state index is 0.0668. The molecule has 0 aromatic carbocycles. The summed E-state index contributed by atoms with van der Waals surface area (Å²) in [7, 11) is 0. The fourth-order valence-electron chi connectivity index (χ4n) is 4.86. The molecule has 5 rings (SSSR count). The molecule has 2 fully saturated rings. The van der Waals surface area contributed by atoms with Gasteiger partial charge in [-0.25, -0.2) is 9.97 Å². The Morgan fingerprint density at radius 3 is 2.55 bits per heavy atom. The maximum absolute atomic E-state index is 13.1. The highest BCUT2D eigenvalue weighted by Crippen LogP contribution is 2.35. The fraction of sp³-hybridized carbons (Fsp3) is 0.542. The van der Waals surface area contributed by atoms with Crippen LogP contribution in [0.5, 0.6) is 0 Å². The van der Waals surface area contributed by atoms with E-state index in [9.17, 15) is 4.79 Å². The molecule has 3 aromatic heterocycles. The molecule has 0 N–H and O–H groups in total. The standard InChI is InChI=1S/C24H31N7O2/c1-4-31-15-20(17(3)27-31)23(32)29-11-7-18(8-12-29)22-19(21-13-16(2)28-33-21)14-25-24(26-22)30-9-5-6-10-30/h13-15,18H,4-12H2,1-3H3. The molecule has 174 valence electrons. The zero-order valence-corrected chi connectivity index (χ0v) is 19.6. The van der Waals surface area contributed by atoms with E-state index in [1.807, 2.05) is 48.8 Å². The van der Waals surface area contributed by atoms with Crippen molar-refractivity contribution in [2.24, 2.45) is 0 Å². The summed E-state index contributed by atoms with van der Waals surface area (Å²) in [4.78, 5) is 27.0. The number of carbonyl (C=O) groups excluding carboxylic acids is 1. The highest BCUT2D eigenvalue weighted by molar-refractivity contribution is 5.95. The average molecular weight is 450 g/mol. The van der Waals surface area contributed by atoms with Crippen LogP contribution in [0.3, 0.4) is 0 Å². The molecular formula is C24H31N7O2. The van der Waals surface area contributed by atoms with E-state index in [1.165, 1.54) is 12.8 Å². The van der Waals surface area contributed by atoms with Crippen LogP contribution in [0.25, 0.3) is 11.3 Å². The molecule has 33 heavy (non-hydrogen) atoms. The van der Waals surface area contributed by atoms with Crippen molar-refractivity contribution in [1.29, 1.82) is 0 Å². The van der Waals surface area contributed by atoms with Gasteiger partial charge < -0.3 is 14.3 Å². The Morgan fingerprint density at radius 2 is 1.91 bits per heavy atom. The number of aryl methyl sites for hydroxylation is 3. The summed E-state index contributed by atoms with van der Waals surface area (Å²) in [5.41, 5.74) is 4.24. The van der Waals surface area contributed by atoms with Crippen molar-refractivity contribution in [3.8, 4) is 11.3 Å². The highest BCUT2D eigenvalue weighted by Gasteiger charge is 2.30. The predicted octanol–water partition coefficient (Wildman–Crippen LogP) is 3.58. The third kappa shape index (κ3) is 4.24. The Balaban J connectivity index is 1.38. The molecule has 5 heterocycles. The van der Waals surface area contributed by atoms with Crippen LogP contribution in [0.4, 0.5) is 5.95 Å². The third-order valence-corrected chi connectivity index (χ3v) is 6.76. The number of anilines is 1. The molecule has 2 aliphatic rings. The molecule has 0 bridgehead atoms. The lowest BCUT2D eigenvalue weighted by Crippen LogP contribution is -2.38. The van der Waals surface area contributed by atoms with Crippen LogP contribution in [0.15, 0.2) is 23.0 Å². The van der Waals surface area contributed by atoms with E-state index in [-0.39, 0.29) is 11.8 Å². The van der Waals surface area contributed by atoms with Crippen LogP contribution < -0.4 is 4.90 Å². The third-order valence-electron chi connectivity index (χ3n) is 6.76. The second-order valence-electron chi connectivity index (χ2n) is 9.05. The number of hydrogen-bond donors (Lipinski definition) is 0. The minimum atomic E-state index is 0.0668. The van der Waals surface area contributed by atoms with Gasteiger partial charge in [0.15, 0.2) is 5.76 Å². The van der Waals surface area contributed by atoms with Crippen LogP contribution in [0.1, 0.15) is 66.0 Å². The van der Waals surface area contributed by atoms with E-state index >= 15 is 0 Å². The number of rotatable bonds is 5. The van der Waals surface area contributed by atoms with Crippen molar-refractivity contribution in [2.45, 2.75) is 58.9 Å². The number of nitrogens with zero attached hydrogens (tertiary/aromatic N) is 7. The lowest BCUT2D eigenvalue weighted by atomic mass is 9.90. The van der Waals surface area contributed by atoms with Crippen LogP contribution in [-0.2, 0) is 6.54 Å². The molecule has 0 saturated carbocycles. The maximum Gasteiger partial charge on any atom is 0.257 e. The number of amides is 1. The van der Waals surface area contributed by atoms with Crippen LogP contribution in [-0.4, -0.2) is 61.9 Å². The van der Waals surface area contributed by atoms with Gasteiger partial charge in [0.1, 0.15) is 0 Å². The van der Waals surface area contributed by atoms with Gasteiger partial charge in [-0.3, -0.25) is 9.48 Å². The Labute approximate surface area is 193 Å². The van der Waals surface area contributed by atoms with Crippen molar-refractivity contribution < 1.29 is 9.32 Å². The Bertz CT molecular complexity index is 1140. The summed E-state index contributed by atoms with van der Waals surface area (Å²) in [5, 5.41) is 8.50. The molecule has 0 aliphatic carbocycles. The Kier molecular flexibility index (Phi) is 5.86. The Morgan fingerprint density at radius 1 is 1.15 bits per heavy atom. The smallest absolute Gasteiger partial charge is 0.257 e. The van der Waals surface area contributed by atoms with Gasteiger partial charge in [0.25, 0.3) is 5.91 Å². The summed E-state index contributed by atoms with van der Waals surface area (Å²) < 4.78 is 7.39. The van der Waals surface area contributed by atoms with Gasteiger partial charge in [-0.1, -0.05) is 5.16 Å². The summed E-state index contributed by atoms with van der Waals surface area (Å²) in [5.74, 6) is 1.80. The van der Waals surface area contributed by atoms with E-state index in [0.29, 0.717) is 24.4 Å². The van der Waals surface area contributed by atoms with Gasteiger partial charge in [-0.2, -0.15) is 5.10 Å². The first-order valence-electron chi connectivity index (χ1n) is 11.9. The average Bonchev–Trinajstić information content (AvgIpc) is 3.60. The van der Waals surface area contributed by atoms with Gasteiger partial charge in [0, 0.05) is 57.1 Å². The zero-order chi connectivity index (χ0) is 22.9. The fourth-order valence-corrected chi connectivity index (χ4v) is 4.86. The molecule has 0 unspecified atom stereocenters. The number of carbonyl (C=O) groups is 1. The van der Waals surface area contributed by atoms with Crippen LogP contribution >= 0.6 is 0 Å². The molecule has 9 nitrogen and oxygen atoms in total. The zero-order valence-electron chi connectivity index (χ0n) is 19.6. The van der Waals surface area contributed by atoms with Gasteiger partial charge in [-0.15, -0.1) is 0 Å². The SMILES string of the molecule is CCn1cc(C(=O)N2CCC(c3nc(N4CCCC4)ncc3-c3cc(C)no3)CC2)c(C)n1. The van der Waals surface area contributed by atoms with E-state index in [4.69, 9.17) is 9.51 Å². The molecule has 9 heteroatoms. The normalized spacial score (nSPS) is 17.2. The van der Waals surface area contributed by atoms with Gasteiger partial charge in [0.05, 0.1) is 28.2 Å². The summed E-state index contributed by atoms with van der Waals surface area (Å²) in [6, 6.07) is 1.94. The summed E-state index contributed by atoms with van der Waals surface area (Å²) in [6.07, 6.45) is 7.80. The van der Waals surface area contributed by atoms with Crippen molar-refractivity contribution in [2.75, 3.05) is 31.1 Å². The molecule has 0 radical (unpaired) electrons. The molecule has 1 amide bonds. The molecule has 2 aliphatic heterocycles. The number of aromatic nitrogens is 5. The van der Waals surface area contributed by atoms with Crippen LogP contribution in [0.2, 0.25) is 0 Å². The predicted molar refractivity (Wildman–Crippen MR) is 124 cm³/mol. The number of hydrogen-bond acceptors (Lipinski definition) is 7. The molecule has 3 aromatic rings. The monoisotopic (exact) mass is 449 g/mol. The molecule has 0 atom stereocenters. The largest absolute Gasteiger partial charge is 0.356 e. The summed E-state index contributed by atoms with van der Waals surface area (Å²) in [6.45, 7) is 9.98. The second kappa shape index (κ2) is 8.96. The lowest BCUT2D eigenvalue weighted by Gasteiger charge is -2.32. The maximum atomic E-state index is 13.1. The molecular weight excluding hydrogens is 418 g/mol. The van der Waals surface area contributed by atoms with E-state index < -0.39 is 0 Å². The van der Waals surface area contributed by atoms with Crippen LogP contribution in [0, 0.1) is 13.8 Å². The summed E-state index contributed by atoms with van der Waals surface area (Å²) >= 11 is 0. The van der Waals surface area contributed by atoms with Crippen molar-refractivity contribution >= 4 is 11.9 Å². The quantitative estimate of drug-likeness (QED) is 0.588. The number of likely N-dealkylation sites (tertiary alicyclic amines) is 1. The van der Waals surface area contributed by atoms with E-state index in [2.05, 4.69) is 20.1 Å². The topological polar surface area (TPSA) is 93.2 Å². The van der Waals surface area contributed by atoms with Crippen molar-refractivity contribution in [3.05, 3.63) is 41.1 Å². The minimum Gasteiger partial charge on any atom is -0.356 e. The van der Waals surface area contributed by atoms with Gasteiger partial charge >= 0.3 is 0 Å². The first kappa shape index (κ1) is 21.6. The van der Waals surface area contributed by atoms with Crippen molar-refractivity contribution in [1.82, 2.24) is 29.8 Å². The second-order valence-corrected chi connectivity index (χ2v) is 9.05. The Hall–Kier alpha value is -3.23. The highest BCUT2D eigenvalue weighted by atomic mass is 16.5. The van der Waals surface area contributed by atoms with Gasteiger partial charge in [0.2, 0.25) is 5.95 Å². The van der Waals surface area contributed by atoms with E-state index in [1.54, 1.807) is 0 Å². The number of piperidine rings is 1. The van der Waals surface area contributed by atoms with Crippen molar-refractivity contribution in [3.63, 3.8) is 0 Å². The molecule has 2 saturated heterocycles. The first-order valence-corrected chi connectivity index (χ1v) is 11.9. The lowest BCUT2D eigenvalue weighted by molar-refractivity contribution is 0.0711. The van der Waals surface area contributed by atoms with Gasteiger partial charge in [-0.05, 0) is 46.5 Å². The van der Waals surface area contributed by atoms with E-state index in [0.717, 1.165) is 61.1 Å². The first-order chi connectivity index (χ1) is 16.0. The molecule has 0 spiro atoms.